The predicted molar refractivity (Wildman–Crippen MR) is 118 cm³/mol. The molecule has 1 saturated heterocycles. The highest BCUT2D eigenvalue weighted by molar-refractivity contribution is 6.31. The third-order valence-electron chi connectivity index (χ3n) is 5.87. The lowest BCUT2D eigenvalue weighted by atomic mass is 9.84. The molecule has 3 heterocycles. The number of ether oxygens (including phenoxy) is 2. The molecule has 0 spiro atoms. The molecule has 2 aliphatic rings. The van der Waals surface area contributed by atoms with Crippen molar-refractivity contribution in [2.24, 2.45) is 5.73 Å². The Morgan fingerprint density at radius 3 is 2.71 bits per heavy atom. The maximum Gasteiger partial charge on any atom is 0.258 e. The Kier molecular flexibility index (Phi) is 6.33. The third-order valence-corrected chi connectivity index (χ3v) is 6.21. The number of hydrogen-bond donors (Lipinski definition) is 1. The molecule has 1 unspecified atom stereocenters. The van der Waals surface area contributed by atoms with Gasteiger partial charge in [-0.2, -0.15) is 5.26 Å². The van der Waals surface area contributed by atoms with Crippen molar-refractivity contribution in [2.75, 3.05) is 32.8 Å². The average molecular weight is 441 g/mol. The molecule has 0 bridgehead atoms. The van der Waals surface area contributed by atoms with E-state index < -0.39 is 5.92 Å². The zero-order valence-corrected chi connectivity index (χ0v) is 18.2. The summed E-state index contributed by atoms with van der Waals surface area (Å²) in [7, 11) is 0. The second-order valence-corrected chi connectivity index (χ2v) is 8.18. The van der Waals surface area contributed by atoms with Gasteiger partial charge in [-0.3, -0.25) is 9.69 Å². The molecule has 1 aromatic heterocycles. The lowest BCUT2D eigenvalue weighted by molar-refractivity contribution is 0.0369. The molecule has 2 N–H and O–H groups in total. The first-order chi connectivity index (χ1) is 15.0. The highest BCUT2D eigenvalue weighted by atomic mass is 35.5. The highest BCUT2D eigenvalue weighted by Gasteiger charge is 2.35. The van der Waals surface area contributed by atoms with Crippen LogP contribution in [0.2, 0.25) is 5.02 Å². The number of nitrogens with two attached hydrogens (primary N) is 1. The van der Waals surface area contributed by atoms with E-state index >= 15 is 0 Å². The fraction of sp³-hybridized carbons (Fsp3) is 0.391. The minimum Gasteiger partial charge on any atom is -0.440 e. The van der Waals surface area contributed by atoms with E-state index in [0.29, 0.717) is 28.4 Å². The van der Waals surface area contributed by atoms with Crippen molar-refractivity contribution in [3.05, 3.63) is 74.0 Å². The summed E-state index contributed by atoms with van der Waals surface area (Å²) in [5.74, 6) is -0.279. The molecule has 0 saturated carbocycles. The summed E-state index contributed by atoms with van der Waals surface area (Å²) in [6.45, 7) is 6.67. The largest absolute Gasteiger partial charge is 0.440 e. The van der Waals surface area contributed by atoms with Gasteiger partial charge in [0.25, 0.3) is 5.56 Å². The Balaban J connectivity index is 1.72. The molecule has 1 aromatic carbocycles. The molecule has 0 radical (unpaired) electrons. The molecule has 1 fully saturated rings. The van der Waals surface area contributed by atoms with Crippen molar-refractivity contribution in [3.8, 4) is 11.8 Å². The molecule has 8 heteroatoms. The normalized spacial score (nSPS) is 18.9. The average Bonchev–Trinajstić information content (AvgIpc) is 2.76. The van der Waals surface area contributed by atoms with Crippen molar-refractivity contribution in [1.82, 2.24) is 9.47 Å². The lowest BCUT2D eigenvalue weighted by Gasteiger charge is -2.28. The minimum absolute atomic E-state index is 0.00351. The van der Waals surface area contributed by atoms with E-state index in [1.807, 2.05) is 31.2 Å². The molecule has 7 nitrogen and oxygen atoms in total. The van der Waals surface area contributed by atoms with Crippen molar-refractivity contribution >= 4 is 11.6 Å². The van der Waals surface area contributed by atoms with E-state index in [2.05, 4.69) is 11.0 Å². The van der Waals surface area contributed by atoms with Crippen LogP contribution < -0.4 is 16.0 Å². The van der Waals surface area contributed by atoms with Gasteiger partial charge in [-0.25, -0.2) is 0 Å². The van der Waals surface area contributed by atoms with Crippen molar-refractivity contribution in [3.63, 3.8) is 0 Å². The molecular weight excluding hydrogens is 416 g/mol. The first-order valence-electron chi connectivity index (χ1n) is 10.4. The highest BCUT2D eigenvalue weighted by Crippen LogP contribution is 2.42. The summed E-state index contributed by atoms with van der Waals surface area (Å²) in [5, 5.41) is 10.2. The summed E-state index contributed by atoms with van der Waals surface area (Å²) in [5.41, 5.74) is 7.92. The van der Waals surface area contributed by atoms with Crippen LogP contribution in [0.5, 0.6) is 5.75 Å². The van der Waals surface area contributed by atoms with Crippen LogP contribution >= 0.6 is 11.6 Å². The number of aromatic nitrogens is 1. The van der Waals surface area contributed by atoms with Crippen LogP contribution in [0.15, 0.2) is 46.6 Å². The second kappa shape index (κ2) is 9.15. The topological polar surface area (TPSA) is 93.5 Å². The predicted octanol–water partition coefficient (Wildman–Crippen LogP) is 2.75. The quantitative estimate of drug-likeness (QED) is 0.768. The minimum atomic E-state index is -0.666. The van der Waals surface area contributed by atoms with E-state index in [-0.39, 0.29) is 17.0 Å². The number of benzene rings is 1. The smallest absolute Gasteiger partial charge is 0.258 e. The zero-order chi connectivity index (χ0) is 22.0. The zero-order valence-electron chi connectivity index (χ0n) is 17.4. The number of aryl methyl sites for hydroxylation is 1. The Morgan fingerprint density at radius 1 is 1.26 bits per heavy atom. The number of pyridine rings is 1. The van der Waals surface area contributed by atoms with Gasteiger partial charge in [-0.1, -0.05) is 29.8 Å². The van der Waals surface area contributed by atoms with E-state index in [1.165, 1.54) is 0 Å². The summed E-state index contributed by atoms with van der Waals surface area (Å²) < 4.78 is 12.8. The molecule has 162 valence electrons. The molecule has 2 aliphatic heterocycles. The van der Waals surface area contributed by atoms with Gasteiger partial charge in [0.15, 0.2) is 0 Å². The molecule has 4 rings (SSSR count). The molecule has 31 heavy (non-hydrogen) atoms. The Bertz CT molecular complexity index is 1110. The first kappa shape index (κ1) is 21.4. The second-order valence-electron chi connectivity index (χ2n) is 7.77. The fourth-order valence-electron chi connectivity index (χ4n) is 4.26. The molecule has 1 atom stereocenters. The van der Waals surface area contributed by atoms with Gasteiger partial charge in [0.2, 0.25) is 5.88 Å². The van der Waals surface area contributed by atoms with Crippen LogP contribution in [0.3, 0.4) is 0 Å². The Labute approximate surface area is 186 Å². The molecule has 0 amide bonds. The van der Waals surface area contributed by atoms with Gasteiger partial charge in [-0.05, 0) is 25.0 Å². The van der Waals surface area contributed by atoms with Crippen LogP contribution in [-0.4, -0.2) is 42.3 Å². The van der Waals surface area contributed by atoms with Gasteiger partial charge >= 0.3 is 0 Å². The van der Waals surface area contributed by atoms with E-state index in [1.54, 1.807) is 10.6 Å². The van der Waals surface area contributed by atoms with Crippen LogP contribution in [0.25, 0.3) is 0 Å². The van der Waals surface area contributed by atoms with Gasteiger partial charge in [0.05, 0.1) is 24.7 Å². The van der Waals surface area contributed by atoms with E-state index in [0.717, 1.165) is 45.0 Å². The number of fused-ring (bicyclic) bond motifs is 1. The monoisotopic (exact) mass is 440 g/mol. The van der Waals surface area contributed by atoms with Crippen molar-refractivity contribution in [1.29, 1.82) is 5.26 Å². The lowest BCUT2D eigenvalue weighted by Crippen LogP contribution is -2.38. The summed E-state index contributed by atoms with van der Waals surface area (Å²) in [6, 6.07) is 11.1. The van der Waals surface area contributed by atoms with E-state index in [9.17, 15) is 10.1 Å². The Morgan fingerprint density at radius 2 is 2.00 bits per heavy atom. The third kappa shape index (κ3) is 4.19. The number of nitriles is 1. The van der Waals surface area contributed by atoms with E-state index in [4.69, 9.17) is 26.8 Å². The number of halogens is 1. The maximum absolute atomic E-state index is 13.6. The summed E-state index contributed by atoms with van der Waals surface area (Å²) >= 11 is 6.45. The van der Waals surface area contributed by atoms with Gasteiger partial charge in [0, 0.05) is 43.0 Å². The number of morpholine rings is 1. The summed E-state index contributed by atoms with van der Waals surface area (Å²) in [4.78, 5) is 16.0. The van der Waals surface area contributed by atoms with Crippen LogP contribution in [-0.2, 0) is 11.3 Å². The number of rotatable bonds is 5. The van der Waals surface area contributed by atoms with Crippen LogP contribution in [0.4, 0.5) is 0 Å². The number of allylic oxidation sites excluding steroid dienone is 1. The SMILES string of the molecule is Cc1cc2c(c(=O)n1CCCN1CCOCC1)C(c1ccccc1Cl)C(C#N)=C(N)O2. The van der Waals surface area contributed by atoms with Gasteiger partial charge < -0.3 is 19.8 Å². The molecular formula is C23H25ClN4O3. The number of nitrogens with zero attached hydrogens (tertiary/aromatic N) is 3. The van der Waals surface area contributed by atoms with Gasteiger partial charge in [0.1, 0.15) is 17.4 Å². The number of hydrogen-bond acceptors (Lipinski definition) is 6. The van der Waals surface area contributed by atoms with Crippen molar-refractivity contribution < 1.29 is 9.47 Å². The summed E-state index contributed by atoms with van der Waals surface area (Å²) in [6.07, 6.45) is 0.834. The fourth-order valence-corrected chi connectivity index (χ4v) is 4.51. The van der Waals surface area contributed by atoms with Gasteiger partial charge in [-0.15, -0.1) is 0 Å². The van der Waals surface area contributed by atoms with Crippen LogP contribution in [0.1, 0.15) is 29.2 Å². The maximum atomic E-state index is 13.6. The van der Waals surface area contributed by atoms with Crippen molar-refractivity contribution in [2.45, 2.75) is 25.8 Å². The molecule has 2 aromatic rings. The van der Waals surface area contributed by atoms with Crippen LogP contribution in [0, 0.1) is 18.3 Å². The standard InChI is InChI=1S/C23H25ClN4O3/c1-15-13-19-21(23(29)28(15)8-4-7-27-9-11-30-12-10-27)20(17(14-25)22(26)31-19)16-5-2-3-6-18(16)24/h2-3,5-6,13,20H,4,7-12,26H2,1H3. The Hall–Kier alpha value is -2.79. The molecule has 0 aliphatic carbocycles. The first-order valence-corrected chi connectivity index (χ1v) is 10.8.